The van der Waals surface area contributed by atoms with Crippen molar-refractivity contribution in [2.24, 2.45) is 16.6 Å². The first-order valence-electron chi connectivity index (χ1n) is 8.94. The van der Waals surface area contributed by atoms with E-state index in [1.165, 1.54) is 31.5 Å². The number of nitrogens with one attached hydrogen (secondary N) is 1. The van der Waals surface area contributed by atoms with Crippen LogP contribution in [0.2, 0.25) is 0 Å². The lowest BCUT2D eigenvalue weighted by Crippen LogP contribution is -2.35. The number of benzene rings is 1. The predicted molar refractivity (Wildman–Crippen MR) is 100 cm³/mol. The van der Waals surface area contributed by atoms with Gasteiger partial charge < -0.3 is 16.0 Å². The van der Waals surface area contributed by atoms with Crippen molar-refractivity contribution in [3.8, 4) is 0 Å². The number of piperidine rings is 1. The van der Waals surface area contributed by atoms with Crippen LogP contribution in [0.15, 0.2) is 29.3 Å². The van der Waals surface area contributed by atoms with E-state index in [2.05, 4.69) is 54.2 Å². The minimum atomic E-state index is 0.512. The second-order valence-corrected chi connectivity index (χ2v) is 7.07. The van der Waals surface area contributed by atoms with E-state index in [9.17, 15) is 0 Å². The fourth-order valence-corrected chi connectivity index (χ4v) is 3.15. The third kappa shape index (κ3) is 6.22. The quantitative estimate of drug-likeness (QED) is 0.478. The largest absolute Gasteiger partial charge is 0.370 e. The molecule has 1 aliphatic rings. The summed E-state index contributed by atoms with van der Waals surface area (Å²) in [5.41, 5.74) is 8.32. The number of nitrogens with two attached hydrogens (primary N) is 1. The highest BCUT2D eigenvalue weighted by Gasteiger charge is 2.15. The van der Waals surface area contributed by atoms with E-state index >= 15 is 0 Å². The SMILES string of the molecule is CC1CCCN(CCCN=C(N)Nc2cccc(C(C)C)c2)C1. The molecule has 0 aromatic heterocycles. The second-order valence-electron chi connectivity index (χ2n) is 7.07. The van der Waals surface area contributed by atoms with E-state index in [0.717, 1.165) is 31.1 Å². The van der Waals surface area contributed by atoms with Gasteiger partial charge >= 0.3 is 0 Å². The fourth-order valence-electron chi connectivity index (χ4n) is 3.15. The number of anilines is 1. The zero-order chi connectivity index (χ0) is 16.7. The van der Waals surface area contributed by atoms with Crippen molar-refractivity contribution in [2.75, 3.05) is 31.5 Å². The van der Waals surface area contributed by atoms with E-state index in [-0.39, 0.29) is 0 Å². The Kier molecular flexibility index (Phi) is 6.90. The summed E-state index contributed by atoms with van der Waals surface area (Å²) in [6.45, 7) is 11.1. The van der Waals surface area contributed by atoms with Crippen molar-refractivity contribution in [1.29, 1.82) is 0 Å². The molecule has 3 N–H and O–H groups in total. The summed E-state index contributed by atoms with van der Waals surface area (Å²) in [5, 5.41) is 3.20. The number of nitrogens with zero attached hydrogens (tertiary/aromatic N) is 2. The van der Waals surface area contributed by atoms with Crippen LogP contribution in [0.1, 0.15) is 51.5 Å². The van der Waals surface area contributed by atoms with Gasteiger partial charge in [-0.05, 0) is 61.9 Å². The van der Waals surface area contributed by atoms with Gasteiger partial charge in [0.15, 0.2) is 5.96 Å². The zero-order valence-electron chi connectivity index (χ0n) is 14.9. The van der Waals surface area contributed by atoms with Gasteiger partial charge in [0, 0.05) is 18.8 Å². The van der Waals surface area contributed by atoms with Gasteiger partial charge in [-0.25, -0.2) is 0 Å². The molecule has 0 amide bonds. The Morgan fingerprint density at radius 3 is 3.00 bits per heavy atom. The normalized spacial score (nSPS) is 20.0. The van der Waals surface area contributed by atoms with Crippen LogP contribution in [-0.4, -0.2) is 37.0 Å². The molecule has 128 valence electrons. The molecule has 1 aromatic rings. The monoisotopic (exact) mass is 316 g/mol. The predicted octanol–water partition coefficient (Wildman–Crippen LogP) is 3.66. The average molecular weight is 316 g/mol. The highest BCUT2D eigenvalue weighted by atomic mass is 15.1. The Morgan fingerprint density at radius 1 is 1.43 bits per heavy atom. The van der Waals surface area contributed by atoms with Crippen LogP contribution >= 0.6 is 0 Å². The molecule has 1 heterocycles. The number of hydrogen-bond acceptors (Lipinski definition) is 2. The molecule has 1 aromatic carbocycles. The molecular weight excluding hydrogens is 284 g/mol. The maximum absolute atomic E-state index is 6.00. The van der Waals surface area contributed by atoms with E-state index in [4.69, 9.17) is 5.73 Å². The van der Waals surface area contributed by atoms with E-state index in [1.54, 1.807) is 0 Å². The molecule has 1 aliphatic heterocycles. The molecular formula is C19H32N4. The lowest BCUT2D eigenvalue weighted by atomic mass is 10.0. The molecule has 1 atom stereocenters. The van der Waals surface area contributed by atoms with Crippen molar-refractivity contribution in [3.05, 3.63) is 29.8 Å². The van der Waals surface area contributed by atoms with E-state index in [0.29, 0.717) is 11.9 Å². The molecule has 1 unspecified atom stereocenters. The van der Waals surface area contributed by atoms with Gasteiger partial charge in [0.05, 0.1) is 0 Å². The third-order valence-electron chi connectivity index (χ3n) is 4.48. The Hall–Kier alpha value is -1.55. The molecule has 0 radical (unpaired) electrons. The molecule has 23 heavy (non-hydrogen) atoms. The summed E-state index contributed by atoms with van der Waals surface area (Å²) >= 11 is 0. The fraction of sp³-hybridized carbons (Fsp3) is 0.632. The minimum Gasteiger partial charge on any atom is -0.370 e. The Morgan fingerprint density at radius 2 is 2.26 bits per heavy atom. The van der Waals surface area contributed by atoms with Gasteiger partial charge in [0.1, 0.15) is 0 Å². The standard InChI is InChI=1S/C19H32N4/c1-15(2)17-8-4-9-18(13-17)22-19(20)21-10-6-12-23-11-5-7-16(3)14-23/h4,8-9,13,15-16H,5-7,10-12,14H2,1-3H3,(H3,20,21,22). The maximum Gasteiger partial charge on any atom is 0.193 e. The molecule has 1 saturated heterocycles. The lowest BCUT2D eigenvalue weighted by Gasteiger charge is -2.30. The van der Waals surface area contributed by atoms with Gasteiger partial charge in [-0.3, -0.25) is 4.99 Å². The number of likely N-dealkylation sites (tertiary alicyclic amines) is 1. The van der Waals surface area contributed by atoms with Crippen LogP contribution in [0.5, 0.6) is 0 Å². The van der Waals surface area contributed by atoms with Crippen molar-refractivity contribution in [1.82, 2.24) is 4.90 Å². The van der Waals surface area contributed by atoms with Gasteiger partial charge in [-0.2, -0.15) is 0 Å². The summed E-state index contributed by atoms with van der Waals surface area (Å²) in [4.78, 5) is 7.01. The van der Waals surface area contributed by atoms with Crippen LogP contribution in [-0.2, 0) is 0 Å². The third-order valence-corrected chi connectivity index (χ3v) is 4.48. The number of aliphatic imine (C=N–C) groups is 1. The minimum absolute atomic E-state index is 0.512. The van der Waals surface area contributed by atoms with Crippen molar-refractivity contribution < 1.29 is 0 Å². The smallest absolute Gasteiger partial charge is 0.193 e. The van der Waals surface area contributed by atoms with E-state index in [1.807, 2.05) is 6.07 Å². The van der Waals surface area contributed by atoms with Crippen LogP contribution < -0.4 is 11.1 Å². The maximum atomic E-state index is 6.00. The Labute approximate surface area is 141 Å². The van der Waals surface area contributed by atoms with E-state index < -0.39 is 0 Å². The molecule has 0 saturated carbocycles. The van der Waals surface area contributed by atoms with Crippen molar-refractivity contribution in [2.45, 2.75) is 46.0 Å². The molecule has 2 rings (SSSR count). The first-order chi connectivity index (χ1) is 11.0. The summed E-state index contributed by atoms with van der Waals surface area (Å²) in [7, 11) is 0. The van der Waals surface area contributed by atoms with Crippen molar-refractivity contribution in [3.63, 3.8) is 0 Å². The van der Waals surface area contributed by atoms with Gasteiger partial charge in [-0.1, -0.05) is 32.9 Å². The zero-order valence-corrected chi connectivity index (χ0v) is 14.9. The van der Waals surface area contributed by atoms with Crippen molar-refractivity contribution >= 4 is 11.6 Å². The Bertz CT molecular complexity index is 510. The molecule has 1 fully saturated rings. The highest BCUT2D eigenvalue weighted by Crippen LogP contribution is 2.18. The van der Waals surface area contributed by atoms with Crippen LogP contribution in [0.4, 0.5) is 5.69 Å². The number of hydrogen-bond donors (Lipinski definition) is 2. The molecule has 0 bridgehead atoms. The van der Waals surface area contributed by atoms with Gasteiger partial charge in [0.2, 0.25) is 0 Å². The lowest BCUT2D eigenvalue weighted by molar-refractivity contribution is 0.183. The summed E-state index contributed by atoms with van der Waals surface area (Å²) in [5.74, 6) is 1.87. The molecule has 4 nitrogen and oxygen atoms in total. The topological polar surface area (TPSA) is 53.6 Å². The average Bonchev–Trinajstić information content (AvgIpc) is 2.52. The number of rotatable bonds is 6. The summed E-state index contributed by atoms with van der Waals surface area (Å²) in [6, 6.07) is 8.37. The summed E-state index contributed by atoms with van der Waals surface area (Å²) < 4.78 is 0. The first-order valence-corrected chi connectivity index (χ1v) is 8.94. The van der Waals surface area contributed by atoms with Gasteiger partial charge in [0.25, 0.3) is 0 Å². The highest BCUT2D eigenvalue weighted by molar-refractivity contribution is 5.92. The van der Waals surface area contributed by atoms with Crippen LogP contribution in [0, 0.1) is 5.92 Å². The molecule has 0 spiro atoms. The Balaban J connectivity index is 1.73. The number of guanidine groups is 1. The van der Waals surface area contributed by atoms with Crippen LogP contribution in [0.3, 0.4) is 0 Å². The first kappa shape index (κ1) is 17.8. The van der Waals surface area contributed by atoms with Gasteiger partial charge in [-0.15, -0.1) is 0 Å². The summed E-state index contributed by atoms with van der Waals surface area (Å²) in [6.07, 6.45) is 3.78. The molecule has 0 aliphatic carbocycles. The molecule has 4 heteroatoms. The second kappa shape index (κ2) is 8.92. The van der Waals surface area contributed by atoms with Crippen LogP contribution in [0.25, 0.3) is 0 Å².